The molecule has 0 spiro atoms. The molecule has 3 rings (SSSR count). The van der Waals surface area contributed by atoms with Crippen molar-refractivity contribution in [3.05, 3.63) is 73.9 Å². The average molecular weight is 568 g/mol. The molecule has 2 aromatic carbocycles. The second-order valence-corrected chi connectivity index (χ2v) is 8.32. The fourth-order valence-corrected chi connectivity index (χ4v) is 4.29. The molecule has 1 aliphatic rings. The third-order valence-corrected chi connectivity index (χ3v) is 6.13. The molecule has 0 bridgehead atoms. The van der Waals surface area contributed by atoms with Crippen LogP contribution < -0.4 is 28.6 Å². The number of β-lactam (4-membered cyclic amide) rings is 1. The van der Waals surface area contributed by atoms with E-state index < -0.39 is 42.1 Å². The number of carbonyl (C=O) groups excluding carboxylic acids is 4. The Morgan fingerprint density at radius 2 is 1.39 bits per heavy atom. The van der Waals surface area contributed by atoms with Gasteiger partial charge in [0.05, 0.1) is 34.1 Å². The van der Waals surface area contributed by atoms with Crippen molar-refractivity contribution in [3.8, 4) is 28.7 Å². The van der Waals surface area contributed by atoms with E-state index in [0.717, 1.165) is 18.2 Å². The first-order valence-electron chi connectivity index (χ1n) is 11.9. The predicted molar refractivity (Wildman–Crippen MR) is 145 cm³/mol. The number of methoxy groups -OCH3 is 4. The van der Waals surface area contributed by atoms with Crippen LogP contribution in [-0.4, -0.2) is 64.5 Å². The van der Waals surface area contributed by atoms with Gasteiger partial charge in [-0.3, -0.25) is 9.69 Å². The Morgan fingerprint density at radius 1 is 0.805 bits per heavy atom. The van der Waals surface area contributed by atoms with Crippen LogP contribution in [0.25, 0.3) is 0 Å². The van der Waals surface area contributed by atoms with Crippen LogP contribution in [0.15, 0.2) is 68.3 Å². The van der Waals surface area contributed by atoms with E-state index in [1.807, 2.05) is 0 Å². The van der Waals surface area contributed by atoms with Gasteiger partial charge in [-0.1, -0.05) is 25.8 Å². The van der Waals surface area contributed by atoms with Crippen molar-refractivity contribution in [1.82, 2.24) is 0 Å². The summed E-state index contributed by atoms with van der Waals surface area (Å²) in [5, 5.41) is 0. The maximum absolute atomic E-state index is 14.0. The van der Waals surface area contributed by atoms with Gasteiger partial charge in [0, 0.05) is 30.4 Å². The zero-order valence-corrected chi connectivity index (χ0v) is 23.0. The number of anilines is 1. The van der Waals surface area contributed by atoms with Crippen LogP contribution in [0.5, 0.6) is 28.7 Å². The predicted octanol–water partition coefficient (Wildman–Crippen LogP) is 3.10. The first-order chi connectivity index (χ1) is 19.6. The third-order valence-electron chi connectivity index (χ3n) is 6.13. The Balaban J connectivity index is 2.29. The number of carbonyl (C=O) groups is 4. The van der Waals surface area contributed by atoms with Crippen molar-refractivity contribution in [2.75, 3.05) is 39.9 Å². The van der Waals surface area contributed by atoms with Crippen molar-refractivity contribution in [3.63, 3.8) is 0 Å². The molecule has 1 amide bonds. The topological polar surface area (TPSA) is 136 Å². The maximum atomic E-state index is 14.0. The first-order valence-corrected chi connectivity index (χ1v) is 11.9. The van der Waals surface area contributed by atoms with Gasteiger partial charge in [0.1, 0.15) is 12.6 Å². The lowest BCUT2D eigenvalue weighted by Crippen LogP contribution is -2.72. The summed E-state index contributed by atoms with van der Waals surface area (Å²) in [7, 11) is 5.62. The smallest absolute Gasteiger partial charge is 0.335 e. The molecule has 12 nitrogen and oxygen atoms in total. The molecule has 1 saturated heterocycles. The van der Waals surface area contributed by atoms with E-state index in [1.54, 1.807) is 6.07 Å². The lowest BCUT2D eigenvalue weighted by molar-refractivity contribution is -0.187. The number of esters is 3. The largest absolute Gasteiger partial charge is 0.493 e. The highest BCUT2D eigenvalue weighted by molar-refractivity contribution is 6.10. The van der Waals surface area contributed by atoms with Gasteiger partial charge in [0.15, 0.2) is 23.0 Å². The minimum absolute atomic E-state index is 0.00822. The summed E-state index contributed by atoms with van der Waals surface area (Å²) in [5.74, 6) is -2.38. The molecular formula is C29H29NO11. The summed E-state index contributed by atoms with van der Waals surface area (Å²) in [6.45, 7) is 9.49. The molecule has 0 radical (unpaired) electrons. The zero-order valence-electron chi connectivity index (χ0n) is 23.0. The average Bonchev–Trinajstić information content (AvgIpc) is 3.00. The highest BCUT2D eigenvalue weighted by atomic mass is 16.6. The first kappa shape index (κ1) is 30.3. The molecule has 41 heavy (non-hydrogen) atoms. The lowest BCUT2D eigenvalue weighted by atomic mass is 9.77. The summed E-state index contributed by atoms with van der Waals surface area (Å²) in [4.78, 5) is 51.8. The normalized spacial score (nSPS) is 17.3. The summed E-state index contributed by atoms with van der Waals surface area (Å²) in [6, 6.07) is 6.39. The van der Waals surface area contributed by atoms with E-state index in [2.05, 4.69) is 19.7 Å². The Morgan fingerprint density at radius 3 is 1.90 bits per heavy atom. The summed E-state index contributed by atoms with van der Waals surface area (Å²) < 4.78 is 37.7. The van der Waals surface area contributed by atoms with Gasteiger partial charge in [0.25, 0.3) is 5.91 Å². The Bertz CT molecular complexity index is 1370. The molecule has 0 N–H and O–H groups in total. The highest BCUT2D eigenvalue weighted by Gasteiger charge is 2.66. The van der Waals surface area contributed by atoms with E-state index in [-0.39, 0.29) is 34.4 Å². The quantitative estimate of drug-likeness (QED) is 0.153. The Hall–Kier alpha value is -5.26. The fraction of sp³-hybridized carbons (Fsp3) is 0.241. The molecule has 0 unspecified atom stereocenters. The Kier molecular flexibility index (Phi) is 9.40. The number of amides is 1. The van der Waals surface area contributed by atoms with Crippen LogP contribution in [-0.2, 0) is 28.7 Å². The molecule has 2 aromatic rings. The van der Waals surface area contributed by atoms with Crippen LogP contribution in [0, 0.1) is 0 Å². The maximum Gasteiger partial charge on any atom is 0.335 e. The van der Waals surface area contributed by atoms with Crippen LogP contribution in [0.3, 0.4) is 0 Å². The van der Waals surface area contributed by atoms with Gasteiger partial charge >= 0.3 is 17.9 Å². The number of ether oxygens (including phenoxy) is 7. The van der Waals surface area contributed by atoms with Crippen molar-refractivity contribution >= 4 is 29.5 Å². The van der Waals surface area contributed by atoms with Gasteiger partial charge < -0.3 is 33.2 Å². The second-order valence-electron chi connectivity index (χ2n) is 8.32. The van der Waals surface area contributed by atoms with E-state index in [1.165, 1.54) is 57.6 Å². The SMILES string of the molecule is C=CC(=O)OC[C@@]1(OC(=O)C=C)C(=O)N(c2cc(OC)c(OC)c(OC)c2)[C@H]1c1ccc(OC)c(OC(=O)C=C)c1. The number of hydrogen-bond donors (Lipinski definition) is 0. The van der Waals surface area contributed by atoms with Gasteiger partial charge in [-0.15, -0.1) is 0 Å². The van der Waals surface area contributed by atoms with Crippen LogP contribution in [0.1, 0.15) is 11.6 Å². The van der Waals surface area contributed by atoms with E-state index in [4.69, 9.17) is 33.2 Å². The summed E-state index contributed by atoms with van der Waals surface area (Å²) in [6.07, 6.45) is 2.74. The van der Waals surface area contributed by atoms with Crippen LogP contribution in [0.2, 0.25) is 0 Å². The molecule has 216 valence electrons. The minimum Gasteiger partial charge on any atom is -0.493 e. The van der Waals surface area contributed by atoms with E-state index in [0.29, 0.717) is 5.56 Å². The monoisotopic (exact) mass is 567 g/mol. The molecule has 1 aliphatic heterocycles. The van der Waals surface area contributed by atoms with E-state index >= 15 is 0 Å². The summed E-state index contributed by atoms with van der Waals surface area (Å²) in [5.41, 5.74) is -1.48. The van der Waals surface area contributed by atoms with E-state index in [9.17, 15) is 19.2 Å². The second kappa shape index (κ2) is 12.7. The van der Waals surface area contributed by atoms with Gasteiger partial charge in [-0.2, -0.15) is 0 Å². The lowest BCUT2D eigenvalue weighted by Gasteiger charge is -2.54. The zero-order chi connectivity index (χ0) is 30.3. The minimum atomic E-state index is -2.06. The molecular weight excluding hydrogens is 538 g/mol. The van der Waals surface area contributed by atoms with Crippen molar-refractivity contribution in [2.24, 2.45) is 0 Å². The molecule has 12 heteroatoms. The molecule has 0 aromatic heterocycles. The summed E-state index contributed by atoms with van der Waals surface area (Å²) >= 11 is 0. The van der Waals surface area contributed by atoms with Gasteiger partial charge in [-0.05, 0) is 17.7 Å². The fourth-order valence-electron chi connectivity index (χ4n) is 4.29. The molecule has 1 fully saturated rings. The Labute approximate surface area is 236 Å². The number of benzene rings is 2. The molecule has 0 aliphatic carbocycles. The molecule has 1 heterocycles. The van der Waals surface area contributed by atoms with Crippen molar-refractivity contribution in [2.45, 2.75) is 11.6 Å². The highest BCUT2D eigenvalue weighted by Crippen LogP contribution is 2.52. The van der Waals surface area contributed by atoms with Gasteiger partial charge in [0.2, 0.25) is 11.4 Å². The number of hydrogen-bond acceptors (Lipinski definition) is 11. The number of nitrogens with zero attached hydrogens (tertiary/aromatic N) is 1. The van der Waals surface area contributed by atoms with Gasteiger partial charge in [-0.25, -0.2) is 14.4 Å². The molecule has 0 saturated carbocycles. The van der Waals surface area contributed by atoms with Crippen molar-refractivity contribution < 1.29 is 52.3 Å². The van der Waals surface area contributed by atoms with Crippen LogP contribution >= 0.6 is 0 Å². The van der Waals surface area contributed by atoms with Crippen molar-refractivity contribution in [1.29, 1.82) is 0 Å². The standard InChI is InChI=1S/C29H29NO11/c1-8-23(31)39-16-29(41-25(33)10-3)27(17-11-12-19(35-4)20(13-17)40-24(32)9-2)30(28(29)34)18-14-21(36-5)26(38-7)22(15-18)37-6/h8-15,27H,1-3,16H2,4-7H3/t27-,29-/m0/s1. The third kappa shape index (κ3) is 5.71. The molecule has 2 atom stereocenters. The number of rotatable bonds is 13. The van der Waals surface area contributed by atoms with Crippen LogP contribution in [0.4, 0.5) is 5.69 Å².